The predicted molar refractivity (Wildman–Crippen MR) is 135 cm³/mol. The van der Waals surface area contributed by atoms with E-state index in [-0.39, 0.29) is 5.69 Å². The smallest absolute Gasteiger partial charge is 0.248 e. The molecule has 1 heterocycles. The van der Waals surface area contributed by atoms with Crippen molar-refractivity contribution in [3.05, 3.63) is 78.3 Å². The van der Waals surface area contributed by atoms with Crippen LogP contribution in [0.2, 0.25) is 0 Å². The summed E-state index contributed by atoms with van der Waals surface area (Å²) in [5, 5.41) is 3.43. The maximum Gasteiger partial charge on any atom is 0.248 e. The first-order chi connectivity index (χ1) is 16.9. The van der Waals surface area contributed by atoms with E-state index in [2.05, 4.69) is 5.32 Å². The van der Waals surface area contributed by atoms with E-state index in [1.807, 2.05) is 37.3 Å². The summed E-state index contributed by atoms with van der Waals surface area (Å²) in [4.78, 5) is 12.6. The number of ether oxygens (including phenoxy) is 3. The number of furan rings is 1. The lowest BCUT2D eigenvalue weighted by Crippen LogP contribution is -2.10. The maximum atomic E-state index is 13.9. The molecule has 0 saturated carbocycles. The van der Waals surface area contributed by atoms with Crippen LogP contribution >= 0.6 is 0 Å². The van der Waals surface area contributed by atoms with Crippen LogP contribution in [-0.4, -0.2) is 26.7 Å². The number of hydrogen-bond acceptors (Lipinski definition) is 5. The molecule has 0 spiro atoms. The third kappa shape index (κ3) is 4.99. The molecule has 3 aromatic carbocycles. The van der Waals surface area contributed by atoms with Crippen LogP contribution in [-0.2, 0) is 4.79 Å². The molecule has 1 N–H and O–H groups in total. The highest BCUT2D eigenvalue weighted by Gasteiger charge is 2.17. The Balaban J connectivity index is 1.75. The van der Waals surface area contributed by atoms with Crippen LogP contribution in [0.1, 0.15) is 19.4 Å². The van der Waals surface area contributed by atoms with E-state index in [1.165, 1.54) is 18.2 Å². The van der Waals surface area contributed by atoms with Gasteiger partial charge in [0.15, 0.2) is 11.5 Å². The quantitative estimate of drug-likeness (QED) is 0.287. The summed E-state index contributed by atoms with van der Waals surface area (Å²) < 4.78 is 36.4. The zero-order valence-corrected chi connectivity index (χ0v) is 20.0. The zero-order chi connectivity index (χ0) is 24.9. The normalized spacial score (nSPS) is 11.4. The molecular formula is C28H26FNO5. The van der Waals surface area contributed by atoms with Gasteiger partial charge in [-0.3, -0.25) is 4.79 Å². The van der Waals surface area contributed by atoms with Gasteiger partial charge in [-0.25, -0.2) is 4.39 Å². The van der Waals surface area contributed by atoms with Crippen LogP contribution < -0.4 is 19.5 Å². The van der Waals surface area contributed by atoms with Gasteiger partial charge in [-0.15, -0.1) is 0 Å². The van der Waals surface area contributed by atoms with Gasteiger partial charge in [0.05, 0.1) is 32.8 Å². The highest BCUT2D eigenvalue weighted by atomic mass is 19.1. The van der Waals surface area contributed by atoms with Crippen molar-refractivity contribution in [3.8, 4) is 28.4 Å². The van der Waals surface area contributed by atoms with Crippen molar-refractivity contribution in [3.63, 3.8) is 0 Å². The van der Waals surface area contributed by atoms with E-state index < -0.39 is 11.7 Å². The minimum absolute atomic E-state index is 0.118. The van der Waals surface area contributed by atoms with E-state index in [0.717, 1.165) is 22.1 Å². The second-order valence-electron chi connectivity index (χ2n) is 7.79. The van der Waals surface area contributed by atoms with Crippen LogP contribution in [0.3, 0.4) is 0 Å². The molecule has 0 saturated heterocycles. The average molecular weight is 476 g/mol. The van der Waals surface area contributed by atoms with Crippen LogP contribution in [0, 0.1) is 5.82 Å². The fourth-order valence-corrected chi connectivity index (χ4v) is 3.87. The Bertz CT molecular complexity index is 1410. The topological polar surface area (TPSA) is 69.9 Å². The summed E-state index contributed by atoms with van der Waals surface area (Å²) in [6.45, 7) is 4.13. The molecule has 0 bridgehead atoms. The number of carbonyl (C=O) groups excluding carboxylic acids is 1. The van der Waals surface area contributed by atoms with E-state index in [0.29, 0.717) is 35.0 Å². The molecule has 6 nitrogen and oxygen atoms in total. The molecule has 0 fully saturated rings. The van der Waals surface area contributed by atoms with Gasteiger partial charge < -0.3 is 23.9 Å². The average Bonchev–Trinajstić information content (AvgIpc) is 3.27. The molecule has 180 valence electrons. The van der Waals surface area contributed by atoms with Crippen molar-refractivity contribution >= 4 is 28.1 Å². The van der Waals surface area contributed by atoms with Crippen molar-refractivity contribution < 1.29 is 27.8 Å². The Labute approximate surface area is 202 Å². The minimum atomic E-state index is -0.499. The fourth-order valence-electron chi connectivity index (χ4n) is 3.87. The maximum absolute atomic E-state index is 13.9. The van der Waals surface area contributed by atoms with Crippen molar-refractivity contribution in [1.82, 2.24) is 0 Å². The van der Waals surface area contributed by atoms with Gasteiger partial charge in [0.2, 0.25) is 5.91 Å². The summed E-state index contributed by atoms with van der Waals surface area (Å²) in [5.74, 6) is 0.874. The van der Waals surface area contributed by atoms with E-state index in [4.69, 9.17) is 18.6 Å². The van der Waals surface area contributed by atoms with Crippen LogP contribution in [0.15, 0.2) is 71.4 Å². The number of rotatable bonds is 8. The lowest BCUT2D eigenvalue weighted by Gasteiger charge is -2.12. The third-order valence-corrected chi connectivity index (χ3v) is 5.57. The fraction of sp³-hybridized carbons (Fsp3) is 0.179. The van der Waals surface area contributed by atoms with Gasteiger partial charge in [-0.2, -0.15) is 0 Å². The monoisotopic (exact) mass is 475 g/mol. The first-order valence-corrected chi connectivity index (χ1v) is 11.1. The molecule has 0 atom stereocenters. The largest absolute Gasteiger partial charge is 0.493 e. The summed E-state index contributed by atoms with van der Waals surface area (Å²) in [6, 6.07) is 15.4. The van der Waals surface area contributed by atoms with E-state index in [1.54, 1.807) is 39.5 Å². The lowest BCUT2D eigenvalue weighted by molar-refractivity contribution is -0.111. The number of benzene rings is 3. The third-order valence-electron chi connectivity index (χ3n) is 5.57. The molecule has 0 aliphatic carbocycles. The molecule has 4 rings (SSSR count). The molecule has 1 amide bonds. The van der Waals surface area contributed by atoms with Crippen LogP contribution in [0.5, 0.6) is 17.2 Å². The number of hydrogen-bond donors (Lipinski definition) is 1. The number of halogens is 1. The Morgan fingerprint density at radius 3 is 2.51 bits per heavy atom. The first kappa shape index (κ1) is 23.9. The number of anilines is 1. The Morgan fingerprint density at radius 1 is 1.03 bits per heavy atom. The second-order valence-corrected chi connectivity index (χ2v) is 7.79. The summed E-state index contributed by atoms with van der Waals surface area (Å²) >= 11 is 0. The zero-order valence-electron chi connectivity index (χ0n) is 20.0. The molecular weight excluding hydrogens is 449 g/mol. The van der Waals surface area contributed by atoms with Gasteiger partial charge in [0.25, 0.3) is 0 Å². The van der Waals surface area contributed by atoms with E-state index >= 15 is 0 Å². The molecule has 4 aromatic rings. The van der Waals surface area contributed by atoms with Gasteiger partial charge in [-0.05, 0) is 55.3 Å². The van der Waals surface area contributed by atoms with Crippen molar-refractivity contribution in [2.75, 3.05) is 26.1 Å². The molecule has 35 heavy (non-hydrogen) atoms. The van der Waals surface area contributed by atoms with Crippen molar-refractivity contribution in [2.24, 2.45) is 0 Å². The highest BCUT2D eigenvalue weighted by molar-refractivity contribution is 6.05. The van der Waals surface area contributed by atoms with E-state index in [9.17, 15) is 9.18 Å². The van der Waals surface area contributed by atoms with Gasteiger partial charge in [0, 0.05) is 28.7 Å². The van der Waals surface area contributed by atoms with Crippen LogP contribution in [0.25, 0.3) is 27.7 Å². The molecule has 7 heteroatoms. The predicted octanol–water partition coefficient (Wildman–Crippen LogP) is 6.70. The van der Waals surface area contributed by atoms with Crippen LogP contribution in [0.4, 0.5) is 10.1 Å². The molecule has 0 aliphatic rings. The Kier molecular flexibility index (Phi) is 7.06. The van der Waals surface area contributed by atoms with Gasteiger partial charge in [0.1, 0.15) is 17.1 Å². The van der Waals surface area contributed by atoms with Crippen molar-refractivity contribution in [1.29, 1.82) is 0 Å². The number of carbonyl (C=O) groups is 1. The van der Waals surface area contributed by atoms with Gasteiger partial charge in [-0.1, -0.05) is 18.2 Å². The Morgan fingerprint density at radius 2 is 1.80 bits per heavy atom. The number of nitrogens with one attached hydrogen (secondary N) is 1. The Hall–Kier alpha value is -4.26. The minimum Gasteiger partial charge on any atom is -0.493 e. The number of para-hydroxylation sites is 1. The number of methoxy groups -OCH3 is 2. The molecule has 1 aromatic heterocycles. The summed E-state index contributed by atoms with van der Waals surface area (Å²) in [6.07, 6.45) is 3.10. The number of fused-ring (bicyclic) bond motifs is 1. The summed E-state index contributed by atoms with van der Waals surface area (Å²) in [7, 11) is 3.17. The standard InChI is InChI=1S/C28H26FNO5/c1-5-34-25-15-26-20(21(16-35-26)18-10-11-24(32-3)27(13-18)33-4)14-19(25)17(2)12-28(31)30-23-9-7-6-8-22(23)29/h6-16H,5H2,1-4H3,(H,30,31)/b17-12+. The SMILES string of the molecule is CCOc1cc2occ(-c3ccc(OC)c(OC)c3)c2cc1/C(C)=C/C(=O)Nc1ccccc1F. The van der Waals surface area contributed by atoms with Gasteiger partial charge >= 0.3 is 0 Å². The lowest BCUT2D eigenvalue weighted by atomic mass is 9.99. The molecule has 0 unspecified atom stereocenters. The number of amides is 1. The van der Waals surface area contributed by atoms with Crippen molar-refractivity contribution in [2.45, 2.75) is 13.8 Å². The number of allylic oxidation sites excluding steroid dienone is 1. The highest BCUT2D eigenvalue weighted by Crippen LogP contribution is 2.40. The summed E-state index contributed by atoms with van der Waals surface area (Å²) in [5.41, 5.74) is 3.89. The molecule has 0 aliphatic heterocycles. The molecule has 0 radical (unpaired) electrons. The first-order valence-electron chi connectivity index (χ1n) is 11.1. The second kappa shape index (κ2) is 10.3.